The maximum absolute atomic E-state index is 12.7. The van der Waals surface area contributed by atoms with Gasteiger partial charge in [-0.05, 0) is 38.3 Å². The van der Waals surface area contributed by atoms with Crippen molar-refractivity contribution in [2.45, 2.75) is 39.2 Å². The second-order valence-electron chi connectivity index (χ2n) is 5.80. The Labute approximate surface area is 127 Å². The molecule has 4 heteroatoms. The minimum atomic E-state index is 0.0628. The third-order valence-corrected chi connectivity index (χ3v) is 3.82. The topological polar surface area (TPSA) is 41.6 Å². The Kier molecular flexibility index (Phi) is 5.62. The first-order chi connectivity index (χ1) is 10.1. The first kappa shape index (κ1) is 15.8. The van der Waals surface area contributed by atoms with E-state index in [4.69, 9.17) is 4.74 Å². The number of anilines is 1. The summed E-state index contributed by atoms with van der Waals surface area (Å²) in [7, 11) is 1.86. The molecule has 0 saturated carbocycles. The van der Waals surface area contributed by atoms with Gasteiger partial charge in [-0.25, -0.2) is 0 Å². The normalized spacial score (nSPS) is 17.8. The SMILES string of the molecule is CCCNc1ccc(C)cc1C(=O)N(C)CC1CCCO1. The van der Waals surface area contributed by atoms with Crippen LogP contribution >= 0.6 is 0 Å². The minimum absolute atomic E-state index is 0.0628. The summed E-state index contributed by atoms with van der Waals surface area (Å²) in [6, 6.07) is 6.00. The molecule has 1 aromatic rings. The lowest BCUT2D eigenvalue weighted by Crippen LogP contribution is -2.34. The number of likely N-dealkylation sites (N-methyl/N-ethyl adjacent to an activating group) is 1. The largest absolute Gasteiger partial charge is 0.384 e. The fraction of sp³-hybridized carbons (Fsp3) is 0.588. The van der Waals surface area contributed by atoms with Crippen LogP contribution in [-0.4, -0.2) is 43.7 Å². The lowest BCUT2D eigenvalue weighted by molar-refractivity contribution is 0.0587. The van der Waals surface area contributed by atoms with Gasteiger partial charge in [0, 0.05) is 32.4 Å². The van der Waals surface area contributed by atoms with Gasteiger partial charge in [-0.1, -0.05) is 18.6 Å². The second-order valence-corrected chi connectivity index (χ2v) is 5.80. The zero-order valence-electron chi connectivity index (χ0n) is 13.3. The summed E-state index contributed by atoms with van der Waals surface area (Å²) in [5.74, 6) is 0.0628. The molecule has 1 fully saturated rings. The van der Waals surface area contributed by atoms with E-state index in [1.165, 1.54) is 0 Å². The predicted octanol–water partition coefficient (Wildman–Crippen LogP) is 3.07. The Morgan fingerprint density at radius 3 is 2.95 bits per heavy atom. The zero-order valence-corrected chi connectivity index (χ0v) is 13.3. The molecule has 0 bridgehead atoms. The van der Waals surface area contributed by atoms with Crippen LogP contribution in [0.15, 0.2) is 18.2 Å². The van der Waals surface area contributed by atoms with Gasteiger partial charge in [0.2, 0.25) is 0 Å². The predicted molar refractivity (Wildman–Crippen MR) is 85.9 cm³/mol. The lowest BCUT2D eigenvalue weighted by atomic mass is 10.1. The van der Waals surface area contributed by atoms with E-state index in [-0.39, 0.29) is 12.0 Å². The van der Waals surface area contributed by atoms with Crippen molar-refractivity contribution < 1.29 is 9.53 Å². The monoisotopic (exact) mass is 290 g/mol. The van der Waals surface area contributed by atoms with Crippen molar-refractivity contribution >= 4 is 11.6 Å². The maximum atomic E-state index is 12.7. The quantitative estimate of drug-likeness (QED) is 0.875. The van der Waals surface area contributed by atoms with Crippen LogP contribution in [0.4, 0.5) is 5.69 Å². The number of nitrogens with one attached hydrogen (secondary N) is 1. The van der Waals surface area contributed by atoms with E-state index in [1.807, 2.05) is 32.2 Å². The molecule has 1 heterocycles. The number of hydrogen-bond acceptors (Lipinski definition) is 3. The fourth-order valence-electron chi connectivity index (χ4n) is 2.63. The molecule has 116 valence electrons. The van der Waals surface area contributed by atoms with E-state index in [0.29, 0.717) is 6.54 Å². The van der Waals surface area contributed by atoms with Crippen LogP contribution < -0.4 is 5.32 Å². The van der Waals surface area contributed by atoms with Crippen molar-refractivity contribution in [3.05, 3.63) is 29.3 Å². The molecule has 0 spiro atoms. The van der Waals surface area contributed by atoms with E-state index in [9.17, 15) is 4.79 Å². The number of benzene rings is 1. The van der Waals surface area contributed by atoms with Crippen LogP contribution in [0, 0.1) is 6.92 Å². The van der Waals surface area contributed by atoms with Crippen LogP contribution in [0.3, 0.4) is 0 Å². The summed E-state index contributed by atoms with van der Waals surface area (Å²) in [5, 5.41) is 3.34. The minimum Gasteiger partial charge on any atom is -0.384 e. The Morgan fingerprint density at radius 1 is 1.48 bits per heavy atom. The van der Waals surface area contributed by atoms with Crippen molar-refractivity contribution in [2.24, 2.45) is 0 Å². The Hall–Kier alpha value is -1.55. The van der Waals surface area contributed by atoms with Crippen LogP contribution in [0.25, 0.3) is 0 Å². The number of rotatable bonds is 6. The molecule has 1 atom stereocenters. The molecular weight excluding hydrogens is 264 g/mol. The standard InChI is InChI=1S/C17H26N2O2/c1-4-9-18-16-8-7-13(2)11-15(16)17(20)19(3)12-14-6-5-10-21-14/h7-8,11,14,18H,4-6,9-10,12H2,1-3H3. The highest BCUT2D eigenvalue weighted by molar-refractivity contribution is 5.99. The summed E-state index contributed by atoms with van der Waals surface area (Å²) in [5.41, 5.74) is 2.78. The summed E-state index contributed by atoms with van der Waals surface area (Å²) in [6.07, 6.45) is 3.37. The van der Waals surface area contributed by atoms with E-state index in [0.717, 1.165) is 49.2 Å². The highest BCUT2D eigenvalue weighted by Gasteiger charge is 2.22. The third-order valence-electron chi connectivity index (χ3n) is 3.82. The molecule has 1 saturated heterocycles. The van der Waals surface area contributed by atoms with Crippen molar-refractivity contribution in [2.75, 3.05) is 32.1 Å². The van der Waals surface area contributed by atoms with Gasteiger partial charge < -0.3 is 15.0 Å². The van der Waals surface area contributed by atoms with Gasteiger partial charge in [-0.15, -0.1) is 0 Å². The van der Waals surface area contributed by atoms with Gasteiger partial charge in [0.25, 0.3) is 5.91 Å². The molecule has 0 aromatic heterocycles. The number of carbonyl (C=O) groups excluding carboxylic acids is 1. The molecule has 1 aliphatic rings. The average molecular weight is 290 g/mol. The number of hydrogen-bond donors (Lipinski definition) is 1. The molecule has 1 unspecified atom stereocenters. The summed E-state index contributed by atoms with van der Waals surface area (Å²) in [4.78, 5) is 14.5. The highest BCUT2D eigenvalue weighted by atomic mass is 16.5. The molecule has 2 rings (SSSR count). The van der Waals surface area contributed by atoms with Crippen LogP contribution in [0.5, 0.6) is 0 Å². The number of nitrogens with zero attached hydrogens (tertiary/aromatic N) is 1. The van der Waals surface area contributed by atoms with Gasteiger partial charge >= 0.3 is 0 Å². The first-order valence-electron chi connectivity index (χ1n) is 7.83. The Bertz CT molecular complexity index is 482. The number of amides is 1. The molecule has 1 N–H and O–H groups in total. The van der Waals surface area contributed by atoms with Crippen LogP contribution in [0.2, 0.25) is 0 Å². The smallest absolute Gasteiger partial charge is 0.255 e. The lowest BCUT2D eigenvalue weighted by Gasteiger charge is -2.22. The second kappa shape index (κ2) is 7.46. The van der Waals surface area contributed by atoms with E-state index >= 15 is 0 Å². The number of carbonyl (C=O) groups is 1. The molecule has 4 nitrogen and oxygen atoms in total. The van der Waals surface area contributed by atoms with Gasteiger partial charge in [0.15, 0.2) is 0 Å². The van der Waals surface area contributed by atoms with Gasteiger partial charge in [0.1, 0.15) is 0 Å². The Morgan fingerprint density at radius 2 is 2.29 bits per heavy atom. The van der Waals surface area contributed by atoms with Gasteiger partial charge in [-0.3, -0.25) is 4.79 Å². The molecule has 0 aliphatic carbocycles. The number of ether oxygens (including phenoxy) is 1. The summed E-state index contributed by atoms with van der Waals surface area (Å²) < 4.78 is 5.62. The summed E-state index contributed by atoms with van der Waals surface area (Å²) in [6.45, 7) is 6.49. The van der Waals surface area contributed by atoms with Crippen molar-refractivity contribution in [3.63, 3.8) is 0 Å². The molecule has 1 amide bonds. The van der Waals surface area contributed by atoms with Crippen LogP contribution in [0.1, 0.15) is 42.1 Å². The van der Waals surface area contributed by atoms with Crippen LogP contribution in [-0.2, 0) is 4.74 Å². The fourth-order valence-corrected chi connectivity index (χ4v) is 2.63. The van der Waals surface area contributed by atoms with E-state index in [1.54, 1.807) is 4.90 Å². The molecule has 21 heavy (non-hydrogen) atoms. The molecule has 1 aliphatic heterocycles. The third kappa shape index (κ3) is 4.21. The van der Waals surface area contributed by atoms with Crippen molar-refractivity contribution in [1.29, 1.82) is 0 Å². The van der Waals surface area contributed by atoms with E-state index in [2.05, 4.69) is 12.2 Å². The number of aryl methyl sites for hydroxylation is 1. The van der Waals surface area contributed by atoms with E-state index < -0.39 is 0 Å². The van der Waals surface area contributed by atoms with Gasteiger partial charge in [0.05, 0.1) is 11.7 Å². The first-order valence-corrected chi connectivity index (χ1v) is 7.83. The molecule has 1 aromatic carbocycles. The maximum Gasteiger partial charge on any atom is 0.255 e. The van der Waals surface area contributed by atoms with Gasteiger partial charge in [-0.2, -0.15) is 0 Å². The highest BCUT2D eigenvalue weighted by Crippen LogP contribution is 2.20. The molecule has 0 radical (unpaired) electrons. The Balaban J connectivity index is 2.10. The van der Waals surface area contributed by atoms with Crippen molar-refractivity contribution in [1.82, 2.24) is 4.90 Å². The average Bonchev–Trinajstić information content (AvgIpc) is 2.98. The molecular formula is C17H26N2O2. The zero-order chi connectivity index (χ0) is 15.2. The summed E-state index contributed by atoms with van der Waals surface area (Å²) >= 11 is 0. The van der Waals surface area contributed by atoms with Crippen molar-refractivity contribution in [3.8, 4) is 0 Å².